The number of anilines is 1. The first-order chi connectivity index (χ1) is 10.5. The molecule has 0 saturated heterocycles. The van der Waals surface area contributed by atoms with E-state index in [2.05, 4.69) is 15.1 Å². The van der Waals surface area contributed by atoms with Gasteiger partial charge in [0, 0.05) is 30.9 Å². The first kappa shape index (κ1) is 16.3. The zero-order valence-electron chi connectivity index (χ0n) is 13.3. The Morgan fingerprint density at radius 3 is 2.36 bits per heavy atom. The Labute approximate surface area is 129 Å². The number of hydrogen-bond acceptors (Lipinski definition) is 4. The molecule has 0 aromatic carbocycles. The standard InChI is InChI=1S/C15H21F2N5/c1-5-21(6-2)15-19-12(8-13(20-15)14(16)17)11-9-18-22(7-3)10(11)4/h8-9,14H,5-7H2,1-4H3. The van der Waals surface area contributed by atoms with Crippen LogP contribution in [0.3, 0.4) is 0 Å². The molecule has 0 aliphatic rings. The van der Waals surface area contributed by atoms with Gasteiger partial charge in [0.1, 0.15) is 5.69 Å². The van der Waals surface area contributed by atoms with Gasteiger partial charge in [-0.1, -0.05) is 0 Å². The van der Waals surface area contributed by atoms with Gasteiger partial charge in [-0.15, -0.1) is 0 Å². The van der Waals surface area contributed by atoms with Crippen LogP contribution >= 0.6 is 0 Å². The summed E-state index contributed by atoms with van der Waals surface area (Å²) in [7, 11) is 0. The molecule has 0 saturated carbocycles. The summed E-state index contributed by atoms with van der Waals surface area (Å²) in [5.41, 5.74) is 1.91. The van der Waals surface area contributed by atoms with Crippen LogP contribution in [-0.4, -0.2) is 32.8 Å². The molecule has 2 rings (SSSR count). The summed E-state index contributed by atoms with van der Waals surface area (Å²) in [5.74, 6) is 0.335. The second-order valence-electron chi connectivity index (χ2n) is 4.91. The van der Waals surface area contributed by atoms with E-state index in [1.807, 2.05) is 37.3 Å². The van der Waals surface area contributed by atoms with Crippen molar-refractivity contribution in [3.63, 3.8) is 0 Å². The van der Waals surface area contributed by atoms with Crippen molar-refractivity contribution < 1.29 is 8.78 Å². The highest BCUT2D eigenvalue weighted by Gasteiger charge is 2.18. The van der Waals surface area contributed by atoms with Crippen LogP contribution in [0.15, 0.2) is 12.3 Å². The highest BCUT2D eigenvalue weighted by atomic mass is 19.3. The maximum Gasteiger partial charge on any atom is 0.280 e. The van der Waals surface area contributed by atoms with Crippen LogP contribution in [0, 0.1) is 6.92 Å². The summed E-state index contributed by atoms with van der Waals surface area (Å²) in [6.45, 7) is 9.83. The van der Waals surface area contributed by atoms with Gasteiger partial charge in [0.25, 0.3) is 6.43 Å². The fraction of sp³-hybridized carbons (Fsp3) is 0.533. The minimum absolute atomic E-state index is 0.254. The van der Waals surface area contributed by atoms with Gasteiger partial charge in [-0.05, 0) is 33.8 Å². The second-order valence-corrected chi connectivity index (χ2v) is 4.91. The normalized spacial score (nSPS) is 11.2. The van der Waals surface area contributed by atoms with Crippen molar-refractivity contribution in [3.05, 3.63) is 23.7 Å². The van der Waals surface area contributed by atoms with Gasteiger partial charge in [0.15, 0.2) is 0 Å². The molecule has 0 aliphatic heterocycles. The monoisotopic (exact) mass is 309 g/mol. The van der Waals surface area contributed by atoms with Crippen molar-refractivity contribution in [2.24, 2.45) is 0 Å². The second kappa shape index (κ2) is 6.81. The third kappa shape index (κ3) is 3.08. The summed E-state index contributed by atoms with van der Waals surface area (Å²) >= 11 is 0. The third-order valence-electron chi connectivity index (χ3n) is 3.68. The number of aromatic nitrogens is 4. The van der Waals surface area contributed by atoms with Crippen molar-refractivity contribution in [2.45, 2.75) is 40.7 Å². The van der Waals surface area contributed by atoms with Crippen molar-refractivity contribution in [2.75, 3.05) is 18.0 Å². The zero-order chi connectivity index (χ0) is 16.3. The highest BCUT2D eigenvalue weighted by molar-refractivity contribution is 5.63. The summed E-state index contributed by atoms with van der Waals surface area (Å²) in [5, 5.41) is 4.26. The first-order valence-electron chi connectivity index (χ1n) is 7.46. The summed E-state index contributed by atoms with van der Waals surface area (Å²) < 4.78 is 28.1. The quantitative estimate of drug-likeness (QED) is 0.820. The number of halogens is 2. The van der Waals surface area contributed by atoms with E-state index in [-0.39, 0.29) is 5.69 Å². The fourth-order valence-electron chi connectivity index (χ4n) is 2.37. The lowest BCUT2D eigenvalue weighted by molar-refractivity contribution is 0.146. The van der Waals surface area contributed by atoms with E-state index in [1.54, 1.807) is 6.20 Å². The Morgan fingerprint density at radius 1 is 1.18 bits per heavy atom. The van der Waals surface area contributed by atoms with Crippen LogP contribution in [0.5, 0.6) is 0 Å². The lowest BCUT2D eigenvalue weighted by Crippen LogP contribution is -2.24. The molecular weight excluding hydrogens is 288 g/mol. The van der Waals surface area contributed by atoms with E-state index in [0.29, 0.717) is 24.7 Å². The predicted molar refractivity (Wildman–Crippen MR) is 82.2 cm³/mol. The molecule has 0 aliphatic carbocycles. The number of aryl methyl sites for hydroxylation is 1. The van der Waals surface area contributed by atoms with Crippen LogP contribution in [0.2, 0.25) is 0 Å². The van der Waals surface area contributed by atoms with E-state index >= 15 is 0 Å². The summed E-state index contributed by atoms with van der Waals surface area (Å²) in [6, 6.07) is 1.35. The predicted octanol–water partition coefficient (Wildman–Crippen LogP) is 3.45. The third-order valence-corrected chi connectivity index (χ3v) is 3.68. The molecule has 2 aromatic heterocycles. The number of nitrogens with zero attached hydrogens (tertiary/aromatic N) is 5. The molecule has 0 N–H and O–H groups in total. The van der Waals surface area contributed by atoms with Crippen molar-refractivity contribution in [3.8, 4) is 11.3 Å². The molecule has 120 valence electrons. The van der Waals surface area contributed by atoms with E-state index < -0.39 is 6.43 Å². The topological polar surface area (TPSA) is 46.8 Å². The van der Waals surface area contributed by atoms with Gasteiger partial charge in [0.2, 0.25) is 5.95 Å². The van der Waals surface area contributed by atoms with Crippen molar-refractivity contribution in [1.29, 1.82) is 0 Å². The first-order valence-corrected chi connectivity index (χ1v) is 7.46. The largest absolute Gasteiger partial charge is 0.341 e. The molecule has 2 heterocycles. The van der Waals surface area contributed by atoms with E-state index in [0.717, 1.165) is 17.8 Å². The van der Waals surface area contributed by atoms with Crippen LogP contribution in [0.1, 0.15) is 38.6 Å². The van der Waals surface area contributed by atoms with Crippen LogP contribution in [0.4, 0.5) is 14.7 Å². The van der Waals surface area contributed by atoms with Gasteiger partial charge in [-0.25, -0.2) is 18.7 Å². The minimum atomic E-state index is -2.63. The van der Waals surface area contributed by atoms with E-state index in [1.165, 1.54) is 6.07 Å². The Bertz CT molecular complexity index is 635. The molecule has 0 radical (unpaired) electrons. The van der Waals surface area contributed by atoms with Gasteiger partial charge < -0.3 is 4.90 Å². The average Bonchev–Trinajstić information content (AvgIpc) is 2.89. The minimum Gasteiger partial charge on any atom is -0.341 e. The van der Waals surface area contributed by atoms with Gasteiger partial charge in [-0.2, -0.15) is 5.10 Å². The Morgan fingerprint density at radius 2 is 1.86 bits per heavy atom. The molecule has 0 spiro atoms. The molecule has 0 atom stereocenters. The summed E-state index contributed by atoms with van der Waals surface area (Å²) in [6.07, 6.45) is -0.958. The van der Waals surface area contributed by atoms with Gasteiger partial charge in [-0.3, -0.25) is 4.68 Å². The zero-order valence-corrected chi connectivity index (χ0v) is 13.3. The van der Waals surface area contributed by atoms with Crippen molar-refractivity contribution in [1.82, 2.24) is 19.7 Å². The SMILES string of the molecule is CCN(CC)c1nc(-c2cnn(CC)c2C)cc(C(F)F)n1. The Hall–Kier alpha value is -2.05. The molecular formula is C15H21F2N5. The van der Waals surface area contributed by atoms with Gasteiger partial charge in [0.05, 0.1) is 11.9 Å². The van der Waals surface area contributed by atoms with E-state index in [4.69, 9.17) is 0 Å². The van der Waals surface area contributed by atoms with E-state index in [9.17, 15) is 8.78 Å². The molecule has 0 bridgehead atoms. The van der Waals surface area contributed by atoms with Crippen LogP contribution in [-0.2, 0) is 6.54 Å². The maximum absolute atomic E-state index is 13.2. The number of alkyl halides is 2. The Kier molecular flexibility index (Phi) is 5.05. The fourth-order valence-corrected chi connectivity index (χ4v) is 2.37. The molecule has 2 aromatic rings. The molecule has 0 fully saturated rings. The molecule has 22 heavy (non-hydrogen) atoms. The lowest BCUT2D eigenvalue weighted by Gasteiger charge is -2.20. The smallest absolute Gasteiger partial charge is 0.280 e. The van der Waals surface area contributed by atoms with Crippen LogP contribution < -0.4 is 4.90 Å². The molecule has 0 unspecified atom stereocenters. The van der Waals surface area contributed by atoms with Crippen molar-refractivity contribution >= 4 is 5.95 Å². The molecule has 7 heteroatoms. The Balaban J connectivity index is 2.56. The number of rotatable bonds is 6. The maximum atomic E-state index is 13.2. The molecule has 5 nitrogen and oxygen atoms in total. The summed E-state index contributed by atoms with van der Waals surface area (Å²) in [4.78, 5) is 10.3. The number of hydrogen-bond donors (Lipinski definition) is 0. The molecule has 0 amide bonds. The van der Waals surface area contributed by atoms with Gasteiger partial charge >= 0.3 is 0 Å². The lowest BCUT2D eigenvalue weighted by atomic mass is 10.1. The average molecular weight is 309 g/mol. The highest BCUT2D eigenvalue weighted by Crippen LogP contribution is 2.27. The van der Waals surface area contributed by atoms with Crippen LogP contribution in [0.25, 0.3) is 11.3 Å².